The molecule has 1 fully saturated rings. The molecule has 0 aliphatic carbocycles. The normalized spacial score (nSPS) is 16.6. The Morgan fingerprint density at radius 2 is 2.09 bits per heavy atom. The van der Waals surface area contributed by atoms with Gasteiger partial charge >= 0.3 is 6.03 Å². The number of oxazole rings is 1. The van der Waals surface area contributed by atoms with Crippen molar-refractivity contribution >= 4 is 23.4 Å². The van der Waals surface area contributed by atoms with Crippen molar-refractivity contribution in [1.29, 1.82) is 0 Å². The van der Waals surface area contributed by atoms with Crippen molar-refractivity contribution in [2.45, 2.75) is 12.5 Å². The van der Waals surface area contributed by atoms with Crippen molar-refractivity contribution < 1.29 is 13.6 Å². The van der Waals surface area contributed by atoms with E-state index in [0.29, 0.717) is 28.7 Å². The van der Waals surface area contributed by atoms with Gasteiger partial charge in [0.05, 0.1) is 23.6 Å². The molecular formula is C24H19FN6O2. The third-order valence-electron chi connectivity index (χ3n) is 6.00. The third kappa shape index (κ3) is 3.47. The highest BCUT2D eigenvalue weighted by molar-refractivity contribution is 6.04. The van der Waals surface area contributed by atoms with Gasteiger partial charge in [-0.1, -0.05) is 12.1 Å². The fraction of sp³-hybridized carbons (Fsp3) is 0.167. The molecule has 1 N–H and O–H groups in total. The van der Waals surface area contributed by atoms with E-state index < -0.39 is 0 Å². The number of pyridine rings is 2. The fourth-order valence-electron chi connectivity index (χ4n) is 4.46. The molecule has 9 heteroatoms. The zero-order chi connectivity index (χ0) is 22.4. The van der Waals surface area contributed by atoms with Gasteiger partial charge in [-0.25, -0.2) is 24.1 Å². The summed E-state index contributed by atoms with van der Waals surface area (Å²) >= 11 is 0. The minimum atomic E-state index is -0.330. The number of halogens is 1. The highest BCUT2D eigenvalue weighted by Crippen LogP contribution is 2.40. The molecule has 1 saturated heterocycles. The van der Waals surface area contributed by atoms with E-state index in [-0.39, 0.29) is 17.9 Å². The van der Waals surface area contributed by atoms with E-state index in [1.807, 2.05) is 12.1 Å². The minimum Gasteiger partial charge on any atom is -0.444 e. The number of benzene rings is 1. The number of nitrogens with one attached hydrogen (secondary N) is 1. The first-order valence-corrected chi connectivity index (χ1v) is 10.6. The summed E-state index contributed by atoms with van der Waals surface area (Å²) in [6.07, 6.45) is 5.40. The van der Waals surface area contributed by atoms with Crippen molar-refractivity contribution in [2.24, 2.45) is 0 Å². The summed E-state index contributed by atoms with van der Waals surface area (Å²) in [6, 6.07) is 13.3. The molecule has 2 bridgehead atoms. The highest BCUT2D eigenvalue weighted by Gasteiger charge is 2.40. The molecule has 5 heterocycles. The van der Waals surface area contributed by atoms with Gasteiger partial charge in [0.2, 0.25) is 0 Å². The number of hydrogen-bond acceptors (Lipinski definition) is 6. The Kier molecular flexibility index (Phi) is 4.53. The summed E-state index contributed by atoms with van der Waals surface area (Å²) in [5, 5.41) is 2.90. The minimum absolute atomic E-state index is 0.00906. The van der Waals surface area contributed by atoms with Crippen LogP contribution in [-0.4, -0.2) is 40.1 Å². The molecule has 164 valence electrons. The van der Waals surface area contributed by atoms with Crippen LogP contribution < -0.4 is 15.1 Å². The lowest BCUT2D eigenvalue weighted by molar-refractivity contribution is 0.254. The molecule has 3 aromatic heterocycles. The standard InChI is InChI=1S/C24H19FN6O2/c25-17-3-1-2-15(10-17)19-4-5-20-23(28-19)31(18-7-9-30(20)13-18)24(32)29-22-11-16(6-8-27-22)21-12-26-14-33-21/h1-6,8,10-12,14,18H,7,9,13H2,(H,27,29,32)/t18-/m0/s1. The fourth-order valence-corrected chi connectivity index (χ4v) is 4.46. The van der Waals surface area contributed by atoms with E-state index in [9.17, 15) is 9.18 Å². The molecule has 0 spiro atoms. The Bertz CT molecular complexity index is 1340. The summed E-state index contributed by atoms with van der Waals surface area (Å²) in [7, 11) is 0. The molecular weight excluding hydrogens is 423 g/mol. The van der Waals surface area contributed by atoms with Gasteiger partial charge in [0.15, 0.2) is 18.0 Å². The first-order valence-electron chi connectivity index (χ1n) is 10.6. The Labute approximate surface area is 188 Å². The first-order chi connectivity index (χ1) is 16.2. The quantitative estimate of drug-likeness (QED) is 0.500. The third-order valence-corrected chi connectivity index (χ3v) is 6.00. The van der Waals surface area contributed by atoms with Gasteiger partial charge in [0.25, 0.3) is 0 Å². The highest BCUT2D eigenvalue weighted by atomic mass is 19.1. The van der Waals surface area contributed by atoms with Gasteiger partial charge in [-0.2, -0.15) is 0 Å². The molecule has 0 saturated carbocycles. The monoisotopic (exact) mass is 442 g/mol. The maximum absolute atomic E-state index is 13.8. The van der Waals surface area contributed by atoms with Crippen LogP contribution in [0.2, 0.25) is 0 Å². The second-order valence-electron chi connectivity index (χ2n) is 8.03. The summed E-state index contributed by atoms with van der Waals surface area (Å²) in [5.74, 6) is 1.22. The Morgan fingerprint density at radius 3 is 2.94 bits per heavy atom. The van der Waals surface area contributed by atoms with E-state index >= 15 is 0 Å². The lowest BCUT2D eigenvalue weighted by Crippen LogP contribution is -2.48. The number of rotatable bonds is 3. The number of hydrogen-bond donors (Lipinski definition) is 1. The number of aromatic nitrogens is 3. The van der Waals surface area contributed by atoms with Gasteiger partial charge < -0.3 is 9.32 Å². The Hall–Kier alpha value is -4.27. The van der Waals surface area contributed by atoms with Crippen LogP contribution in [-0.2, 0) is 0 Å². The van der Waals surface area contributed by atoms with Crippen LogP contribution in [0.1, 0.15) is 6.42 Å². The predicted octanol–water partition coefficient (Wildman–Crippen LogP) is 4.57. The van der Waals surface area contributed by atoms with Crippen LogP contribution in [0.15, 0.2) is 71.7 Å². The molecule has 2 amide bonds. The van der Waals surface area contributed by atoms with E-state index in [1.165, 1.54) is 18.5 Å². The van der Waals surface area contributed by atoms with Crippen molar-refractivity contribution in [3.63, 3.8) is 0 Å². The van der Waals surface area contributed by atoms with Crippen molar-refractivity contribution in [3.05, 3.63) is 73.1 Å². The SMILES string of the molecule is O=C(Nc1cc(-c2cnco2)ccn1)N1c2nc(-c3cccc(F)c3)ccc2N2CC[C@H]1C2. The van der Waals surface area contributed by atoms with Crippen molar-refractivity contribution in [1.82, 2.24) is 15.0 Å². The zero-order valence-electron chi connectivity index (χ0n) is 17.5. The maximum Gasteiger partial charge on any atom is 0.329 e. The lowest BCUT2D eigenvalue weighted by atomic mass is 10.1. The summed E-state index contributed by atoms with van der Waals surface area (Å²) in [5.41, 5.74) is 2.92. The van der Waals surface area contributed by atoms with E-state index in [2.05, 4.69) is 20.2 Å². The van der Waals surface area contributed by atoms with Gasteiger partial charge in [-0.3, -0.25) is 10.2 Å². The lowest BCUT2D eigenvalue weighted by Gasteiger charge is -2.35. The van der Waals surface area contributed by atoms with Crippen LogP contribution >= 0.6 is 0 Å². The number of fused-ring (bicyclic) bond motifs is 4. The summed E-state index contributed by atoms with van der Waals surface area (Å²) < 4.78 is 19.1. The topological polar surface area (TPSA) is 87.4 Å². The number of anilines is 3. The molecule has 8 nitrogen and oxygen atoms in total. The van der Waals surface area contributed by atoms with E-state index in [1.54, 1.807) is 41.6 Å². The number of amides is 2. The average Bonchev–Trinajstić information content (AvgIpc) is 3.51. The molecule has 2 aliphatic heterocycles. The molecule has 33 heavy (non-hydrogen) atoms. The molecule has 0 radical (unpaired) electrons. The number of carbonyl (C=O) groups is 1. The van der Waals surface area contributed by atoms with Gasteiger partial charge in [0, 0.05) is 30.4 Å². The van der Waals surface area contributed by atoms with Crippen LogP contribution in [0, 0.1) is 5.82 Å². The number of urea groups is 1. The first kappa shape index (κ1) is 19.4. The molecule has 0 unspecified atom stereocenters. The van der Waals surface area contributed by atoms with Crippen LogP contribution in [0.5, 0.6) is 0 Å². The average molecular weight is 442 g/mol. The van der Waals surface area contributed by atoms with Gasteiger partial charge in [-0.05, 0) is 42.8 Å². The second kappa shape index (κ2) is 7.70. The summed E-state index contributed by atoms with van der Waals surface area (Å²) in [6.45, 7) is 1.59. The molecule has 1 atom stereocenters. The number of nitrogens with zero attached hydrogens (tertiary/aromatic N) is 5. The van der Waals surface area contributed by atoms with Gasteiger partial charge in [0.1, 0.15) is 11.6 Å². The molecule has 1 aromatic carbocycles. The predicted molar refractivity (Wildman–Crippen MR) is 121 cm³/mol. The van der Waals surface area contributed by atoms with E-state index in [4.69, 9.17) is 9.40 Å². The largest absolute Gasteiger partial charge is 0.444 e. The van der Waals surface area contributed by atoms with Crippen molar-refractivity contribution in [2.75, 3.05) is 28.2 Å². The van der Waals surface area contributed by atoms with Gasteiger partial charge in [-0.15, -0.1) is 0 Å². The molecule has 2 aliphatic rings. The van der Waals surface area contributed by atoms with Crippen LogP contribution in [0.3, 0.4) is 0 Å². The number of carbonyl (C=O) groups excluding carboxylic acids is 1. The zero-order valence-corrected chi connectivity index (χ0v) is 17.5. The van der Waals surface area contributed by atoms with Crippen molar-refractivity contribution in [3.8, 4) is 22.6 Å². The van der Waals surface area contributed by atoms with Crippen LogP contribution in [0.4, 0.5) is 26.5 Å². The Morgan fingerprint density at radius 1 is 1.15 bits per heavy atom. The van der Waals surface area contributed by atoms with E-state index in [0.717, 1.165) is 30.8 Å². The maximum atomic E-state index is 13.8. The second-order valence-corrected chi connectivity index (χ2v) is 8.03. The Balaban J connectivity index is 1.34. The van der Waals surface area contributed by atoms with Crippen LogP contribution in [0.25, 0.3) is 22.6 Å². The smallest absolute Gasteiger partial charge is 0.329 e. The molecule has 4 aromatic rings. The summed E-state index contributed by atoms with van der Waals surface area (Å²) in [4.78, 5) is 30.4. The molecule has 6 rings (SSSR count).